The molecule has 0 saturated carbocycles. The highest BCUT2D eigenvalue weighted by Crippen LogP contribution is 2.27. The molecular formula is C12H11BrN2O. The summed E-state index contributed by atoms with van der Waals surface area (Å²) in [6.07, 6.45) is 0. The number of para-hydroxylation sites is 1. The van der Waals surface area contributed by atoms with Gasteiger partial charge in [-0.25, -0.2) is 9.97 Å². The van der Waals surface area contributed by atoms with Gasteiger partial charge < -0.3 is 4.74 Å². The molecule has 0 amide bonds. The summed E-state index contributed by atoms with van der Waals surface area (Å²) in [7, 11) is 0. The van der Waals surface area contributed by atoms with Crippen LogP contribution in [0.3, 0.4) is 0 Å². The van der Waals surface area contributed by atoms with E-state index >= 15 is 0 Å². The molecule has 82 valence electrons. The van der Waals surface area contributed by atoms with Crippen molar-refractivity contribution in [1.82, 2.24) is 9.97 Å². The first-order valence-electron chi connectivity index (χ1n) is 4.90. The molecule has 4 heteroatoms. The molecule has 3 nitrogen and oxygen atoms in total. The summed E-state index contributed by atoms with van der Waals surface area (Å²) >= 11 is 3.41. The predicted octanol–water partition coefficient (Wildman–Crippen LogP) is 3.65. The minimum atomic E-state index is 0.379. The van der Waals surface area contributed by atoms with Crippen molar-refractivity contribution in [1.29, 1.82) is 0 Å². The normalized spacial score (nSPS) is 10.2. The van der Waals surface area contributed by atoms with Crippen molar-refractivity contribution in [2.45, 2.75) is 13.8 Å². The summed E-state index contributed by atoms with van der Waals surface area (Å²) < 4.78 is 6.49. The fourth-order valence-electron chi connectivity index (χ4n) is 1.37. The standard InChI is InChI=1S/C12H11BrN2O/c1-8-7-9(2)15-12(14-8)16-11-6-4-3-5-10(11)13/h3-7H,1-2H3. The van der Waals surface area contributed by atoms with E-state index in [1.165, 1.54) is 0 Å². The Morgan fingerprint density at radius 1 is 1.06 bits per heavy atom. The highest BCUT2D eigenvalue weighted by atomic mass is 79.9. The quantitative estimate of drug-likeness (QED) is 0.841. The van der Waals surface area contributed by atoms with Crippen molar-refractivity contribution in [2.75, 3.05) is 0 Å². The molecule has 0 bridgehead atoms. The fraction of sp³-hybridized carbons (Fsp3) is 0.167. The maximum atomic E-state index is 5.60. The van der Waals surface area contributed by atoms with Crippen LogP contribution in [0.25, 0.3) is 0 Å². The zero-order chi connectivity index (χ0) is 11.5. The van der Waals surface area contributed by atoms with Gasteiger partial charge in [-0.2, -0.15) is 0 Å². The minimum Gasteiger partial charge on any atom is -0.423 e. The van der Waals surface area contributed by atoms with Crippen LogP contribution in [0.1, 0.15) is 11.4 Å². The second-order valence-electron chi connectivity index (χ2n) is 3.47. The molecule has 2 rings (SSSR count). The lowest BCUT2D eigenvalue weighted by Crippen LogP contribution is -1.96. The molecule has 0 fully saturated rings. The molecule has 0 saturated heterocycles. The number of benzene rings is 1. The molecule has 0 radical (unpaired) electrons. The lowest BCUT2D eigenvalue weighted by molar-refractivity contribution is 0.436. The lowest BCUT2D eigenvalue weighted by Gasteiger charge is -2.06. The summed E-state index contributed by atoms with van der Waals surface area (Å²) in [4.78, 5) is 8.43. The smallest absolute Gasteiger partial charge is 0.322 e. The van der Waals surface area contributed by atoms with Crippen LogP contribution in [0.4, 0.5) is 0 Å². The Balaban J connectivity index is 2.30. The Morgan fingerprint density at radius 3 is 2.31 bits per heavy atom. The van der Waals surface area contributed by atoms with Crippen LogP contribution in [0.2, 0.25) is 0 Å². The number of aromatic nitrogens is 2. The average Bonchev–Trinajstić information content (AvgIpc) is 2.20. The molecule has 1 aromatic carbocycles. The number of ether oxygens (including phenoxy) is 1. The van der Waals surface area contributed by atoms with Gasteiger partial charge in [0.05, 0.1) is 4.47 Å². The molecule has 0 unspecified atom stereocenters. The first-order chi connectivity index (χ1) is 7.65. The van der Waals surface area contributed by atoms with E-state index in [-0.39, 0.29) is 0 Å². The van der Waals surface area contributed by atoms with Crippen molar-refractivity contribution in [3.05, 3.63) is 46.2 Å². The number of hydrogen-bond donors (Lipinski definition) is 0. The first-order valence-corrected chi connectivity index (χ1v) is 5.69. The monoisotopic (exact) mass is 278 g/mol. The number of nitrogens with zero attached hydrogens (tertiary/aromatic N) is 2. The third kappa shape index (κ3) is 2.58. The highest BCUT2D eigenvalue weighted by molar-refractivity contribution is 9.10. The summed E-state index contributed by atoms with van der Waals surface area (Å²) in [6.45, 7) is 3.84. The first kappa shape index (κ1) is 11.1. The molecule has 1 heterocycles. The summed E-state index contributed by atoms with van der Waals surface area (Å²) in [5, 5.41) is 0. The fourth-order valence-corrected chi connectivity index (χ4v) is 1.73. The van der Waals surface area contributed by atoms with Gasteiger partial charge >= 0.3 is 6.01 Å². The molecule has 0 atom stereocenters. The van der Waals surface area contributed by atoms with Crippen LogP contribution in [0, 0.1) is 13.8 Å². The largest absolute Gasteiger partial charge is 0.423 e. The third-order valence-corrected chi connectivity index (χ3v) is 2.65. The molecule has 0 aliphatic rings. The summed E-state index contributed by atoms with van der Waals surface area (Å²) in [5.41, 5.74) is 1.80. The zero-order valence-electron chi connectivity index (χ0n) is 9.07. The van der Waals surface area contributed by atoms with Gasteiger partial charge in [-0.05, 0) is 48.0 Å². The SMILES string of the molecule is Cc1cc(C)nc(Oc2ccccc2Br)n1. The summed E-state index contributed by atoms with van der Waals surface area (Å²) in [5.74, 6) is 0.715. The van der Waals surface area contributed by atoms with Gasteiger partial charge in [0.15, 0.2) is 0 Å². The van der Waals surface area contributed by atoms with Gasteiger partial charge in [0.1, 0.15) is 5.75 Å². The van der Waals surface area contributed by atoms with Crippen LogP contribution >= 0.6 is 15.9 Å². The van der Waals surface area contributed by atoms with Crippen molar-refractivity contribution in [2.24, 2.45) is 0 Å². The van der Waals surface area contributed by atoms with E-state index in [9.17, 15) is 0 Å². The van der Waals surface area contributed by atoms with Gasteiger partial charge in [0.25, 0.3) is 0 Å². The van der Waals surface area contributed by atoms with E-state index in [0.717, 1.165) is 15.9 Å². The molecule has 0 aliphatic heterocycles. The third-order valence-electron chi connectivity index (χ3n) is 2.00. The van der Waals surface area contributed by atoms with Crippen molar-refractivity contribution in [3.8, 4) is 11.8 Å². The van der Waals surface area contributed by atoms with Gasteiger partial charge in [-0.15, -0.1) is 0 Å². The predicted molar refractivity (Wildman–Crippen MR) is 65.7 cm³/mol. The maximum absolute atomic E-state index is 5.60. The Labute approximate surface area is 103 Å². The van der Waals surface area contributed by atoms with E-state index in [1.807, 2.05) is 44.2 Å². The van der Waals surface area contributed by atoms with E-state index in [2.05, 4.69) is 25.9 Å². The Morgan fingerprint density at radius 2 is 1.69 bits per heavy atom. The molecule has 16 heavy (non-hydrogen) atoms. The molecule has 1 aromatic heterocycles. The van der Waals surface area contributed by atoms with Crippen molar-refractivity contribution >= 4 is 15.9 Å². The van der Waals surface area contributed by atoms with Gasteiger partial charge in [0, 0.05) is 11.4 Å². The molecule has 2 aromatic rings. The topological polar surface area (TPSA) is 35.0 Å². The Kier molecular flexibility index (Phi) is 3.19. The van der Waals surface area contributed by atoms with Crippen LogP contribution in [0.15, 0.2) is 34.8 Å². The Hall–Kier alpha value is -1.42. The highest BCUT2D eigenvalue weighted by Gasteiger charge is 2.05. The molecule has 0 N–H and O–H groups in total. The molecular weight excluding hydrogens is 268 g/mol. The van der Waals surface area contributed by atoms with E-state index in [1.54, 1.807) is 0 Å². The van der Waals surface area contributed by atoms with Crippen LogP contribution in [0.5, 0.6) is 11.8 Å². The zero-order valence-corrected chi connectivity index (χ0v) is 10.7. The van der Waals surface area contributed by atoms with Crippen LogP contribution in [-0.2, 0) is 0 Å². The van der Waals surface area contributed by atoms with E-state index in [4.69, 9.17) is 4.74 Å². The maximum Gasteiger partial charge on any atom is 0.322 e. The summed E-state index contributed by atoms with van der Waals surface area (Å²) in [6, 6.07) is 9.90. The van der Waals surface area contributed by atoms with Gasteiger partial charge in [-0.1, -0.05) is 12.1 Å². The second-order valence-corrected chi connectivity index (χ2v) is 4.32. The lowest BCUT2D eigenvalue weighted by atomic mass is 10.3. The number of hydrogen-bond acceptors (Lipinski definition) is 3. The van der Waals surface area contributed by atoms with Gasteiger partial charge in [-0.3, -0.25) is 0 Å². The van der Waals surface area contributed by atoms with Gasteiger partial charge in [0.2, 0.25) is 0 Å². The minimum absolute atomic E-state index is 0.379. The Bertz CT molecular complexity index is 494. The van der Waals surface area contributed by atoms with Crippen LogP contribution in [-0.4, -0.2) is 9.97 Å². The van der Waals surface area contributed by atoms with Crippen molar-refractivity contribution < 1.29 is 4.74 Å². The number of rotatable bonds is 2. The second kappa shape index (κ2) is 4.61. The van der Waals surface area contributed by atoms with E-state index in [0.29, 0.717) is 11.8 Å². The number of halogens is 1. The molecule has 0 spiro atoms. The average molecular weight is 279 g/mol. The van der Waals surface area contributed by atoms with Crippen molar-refractivity contribution in [3.63, 3.8) is 0 Å². The number of aryl methyl sites for hydroxylation is 2. The van der Waals surface area contributed by atoms with Crippen LogP contribution < -0.4 is 4.74 Å². The molecule has 0 aliphatic carbocycles. The van der Waals surface area contributed by atoms with E-state index < -0.39 is 0 Å².